The molecule has 0 bridgehead atoms. The van der Waals surface area contributed by atoms with E-state index in [1.54, 1.807) is 11.3 Å². The molecule has 1 aromatic heterocycles. The van der Waals surface area contributed by atoms with Gasteiger partial charge in [0.25, 0.3) is 0 Å². The second kappa shape index (κ2) is 8.66. The molecule has 3 rings (SSSR count). The zero-order valence-electron chi connectivity index (χ0n) is 13.7. The summed E-state index contributed by atoms with van der Waals surface area (Å²) in [5, 5.41) is 5.28. The lowest BCUT2D eigenvalue weighted by Crippen LogP contribution is -2.48. The molecule has 2 fully saturated rings. The van der Waals surface area contributed by atoms with Gasteiger partial charge >= 0.3 is 6.03 Å². The maximum absolute atomic E-state index is 12.4. The number of urea groups is 1. The lowest BCUT2D eigenvalue weighted by Gasteiger charge is -2.32. The number of morpholine rings is 1. The predicted octanol–water partition coefficient (Wildman–Crippen LogP) is 2.71. The van der Waals surface area contributed by atoms with Crippen molar-refractivity contribution in [2.24, 2.45) is 0 Å². The molecule has 0 saturated carbocycles. The summed E-state index contributed by atoms with van der Waals surface area (Å²) in [7, 11) is 0. The van der Waals surface area contributed by atoms with Crippen LogP contribution in [0.2, 0.25) is 0 Å². The average molecular weight is 337 g/mol. The number of likely N-dealkylation sites (tertiary alicyclic amines) is 1. The van der Waals surface area contributed by atoms with Gasteiger partial charge in [-0.15, -0.1) is 11.3 Å². The van der Waals surface area contributed by atoms with Crippen molar-refractivity contribution in [2.45, 2.75) is 31.7 Å². The van der Waals surface area contributed by atoms with Gasteiger partial charge in [-0.2, -0.15) is 0 Å². The zero-order valence-corrected chi connectivity index (χ0v) is 14.5. The van der Waals surface area contributed by atoms with Crippen molar-refractivity contribution in [2.75, 3.05) is 45.9 Å². The van der Waals surface area contributed by atoms with Gasteiger partial charge < -0.3 is 15.0 Å². The van der Waals surface area contributed by atoms with E-state index in [0.717, 1.165) is 13.1 Å². The Labute approximate surface area is 142 Å². The highest BCUT2D eigenvalue weighted by atomic mass is 32.1. The highest BCUT2D eigenvalue weighted by Gasteiger charge is 2.24. The molecule has 0 radical (unpaired) electrons. The molecule has 1 aromatic rings. The largest absolute Gasteiger partial charge is 0.378 e. The lowest BCUT2D eigenvalue weighted by atomic mass is 10.2. The molecule has 2 aliphatic rings. The molecule has 3 heterocycles. The first-order valence-electron chi connectivity index (χ1n) is 8.72. The molecule has 128 valence electrons. The number of hydrogen-bond acceptors (Lipinski definition) is 4. The van der Waals surface area contributed by atoms with Crippen LogP contribution in [0.4, 0.5) is 4.79 Å². The standard InChI is InChI=1S/C17H27N3O2S/c21-17(20-9-11-22-12-10-20)18-14-15(16-6-5-13-23-16)19-7-3-1-2-4-8-19/h5-6,13,15H,1-4,7-12,14H2,(H,18,21). The minimum absolute atomic E-state index is 0.0460. The highest BCUT2D eigenvalue weighted by Crippen LogP contribution is 2.27. The number of hydrogen-bond donors (Lipinski definition) is 1. The van der Waals surface area contributed by atoms with E-state index in [4.69, 9.17) is 4.74 Å². The van der Waals surface area contributed by atoms with Gasteiger partial charge in [0.15, 0.2) is 0 Å². The second-order valence-corrected chi connectivity index (χ2v) is 7.25. The number of carbonyl (C=O) groups excluding carboxylic acids is 1. The first-order valence-corrected chi connectivity index (χ1v) is 9.60. The van der Waals surface area contributed by atoms with Crippen molar-refractivity contribution in [3.63, 3.8) is 0 Å². The Bertz CT molecular complexity index is 466. The van der Waals surface area contributed by atoms with E-state index in [2.05, 4.69) is 27.7 Å². The molecule has 1 N–H and O–H groups in total. The van der Waals surface area contributed by atoms with E-state index in [1.807, 2.05) is 4.90 Å². The Hall–Kier alpha value is -1.11. The molecule has 5 nitrogen and oxygen atoms in total. The molecular weight excluding hydrogens is 310 g/mol. The predicted molar refractivity (Wildman–Crippen MR) is 92.9 cm³/mol. The van der Waals surface area contributed by atoms with E-state index in [9.17, 15) is 4.79 Å². The van der Waals surface area contributed by atoms with Crippen LogP contribution in [0.15, 0.2) is 17.5 Å². The summed E-state index contributed by atoms with van der Waals surface area (Å²) >= 11 is 1.79. The molecule has 0 aliphatic carbocycles. The van der Waals surface area contributed by atoms with Crippen molar-refractivity contribution in [1.29, 1.82) is 0 Å². The lowest BCUT2D eigenvalue weighted by molar-refractivity contribution is 0.0526. The summed E-state index contributed by atoms with van der Waals surface area (Å²) in [5.41, 5.74) is 0. The zero-order chi connectivity index (χ0) is 15.9. The second-order valence-electron chi connectivity index (χ2n) is 6.27. The number of rotatable bonds is 4. The molecule has 2 amide bonds. The maximum Gasteiger partial charge on any atom is 0.317 e. The van der Waals surface area contributed by atoms with Gasteiger partial charge in [-0.3, -0.25) is 4.90 Å². The topological polar surface area (TPSA) is 44.8 Å². The smallest absolute Gasteiger partial charge is 0.317 e. The summed E-state index contributed by atoms with van der Waals surface area (Å²) in [6.45, 7) is 5.64. The van der Waals surface area contributed by atoms with Crippen molar-refractivity contribution >= 4 is 17.4 Å². The van der Waals surface area contributed by atoms with Crippen LogP contribution in [-0.4, -0.2) is 61.8 Å². The number of thiophene rings is 1. The maximum atomic E-state index is 12.4. The van der Waals surface area contributed by atoms with E-state index in [-0.39, 0.29) is 6.03 Å². The van der Waals surface area contributed by atoms with Crippen molar-refractivity contribution in [3.05, 3.63) is 22.4 Å². The summed E-state index contributed by atoms with van der Waals surface area (Å²) in [6.07, 6.45) is 5.18. The fourth-order valence-corrected chi connectivity index (χ4v) is 4.22. The van der Waals surface area contributed by atoms with E-state index in [1.165, 1.54) is 30.6 Å². The number of ether oxygens (including phenoxy) is 1. The molecule has 6 heteroatoms. The van der Waals surface area contributed by atoms with E-state index < -0.39 is 0 Å². The Balaban J connectivity index is 1.60. The van der Waals surface area contributed by atoms with Gasteiger partial charge in [-0.25, -0.2) is 4.79 Å². The van der Waals surface area contributed by atoms with Crippen molar-refractivity contribution < 1.29 is 9.53 Å². The third-order valence-electron chi connectivity index (χ3n) is 4.70. The van der Waals surface area contributed by atoms with E-state index in [0.29, 0.717) is 38.9 Å². The van der Waals surface area contributed by atoms with Crippen LogP contribution in [0.1, 0.15) is 36.6 Å². The monoisotopic (exact) mass is 337 g/mol. The summed E-state index contributed by atoms with van der Waals surface area (Å²) in [4.78, 5) is 18.1. The Morgan fingerprint density at radius 1 is 1.17 bits per heavy atom. The number of carbonyl (C=O) groups is 1. The van der Waals surface area contributed by atoms with Crippen molar-refractivity contribution in [3.8, 4) is 0 Å². The van der Waals surface area contributed by atoms with Gasteiger partial charge in [-0.05, 0) is 37.4 Å². The number of nitrogens with zero attached hydrogens (tertiary/aromatic N) is 2. The van der Waals surface area contributed by atoms with Gasteiger partial charge in [-0.1, -0.05) is 18.9 Å². The molecule has 0 aromatic carbocycles. The van der Waals surface area contributed by atoms with Gasteiger partial charge in [0, 0.05) is 24.5 Å². The quantitative estimate of drug-likeness (QED) is 0.919. The third kappa shape index (κ3) is 4.68. The van der Waals surface area contributed by atoms with Gasteiger partial charge in [0.2, 0.25) is 0 Å². The average Bonchev–Trinajstić information content (AvgIpc) is 2.99. The molecule has 0 spiro atoms. The molecule has 23 heavy (non-hydrogen) atoms. The van der Waals surface area contributed by atoms with E-state index >= 15 is 0 Å². The van der Waals surface area contributed by atoms with Crippen LogP contribution in [0.25, 0.3) is 0 Å². The fourth-order valence-electron chi connectivity index (χ4n) is 3.36. The molecular formula is C17H27N3O2S. The summed E-state index contributed by atoms with van der Waals surface area (Å²) in [5.74, 6) is 0. The van der Waals surface area contributed by atoms with Crippen LogP contribution in [0.5, 0.6) is 0 Å². The number of amides is 2. The first-order chi connectivity index (χ1) is 11.3. The normalized spacial score (nSPS) is 21.7. The van der Waals surface area contributed by atoms with Gasteiger partial charge in [0.1, 0.15) is 0 Å². The highest BCUT2D eigenvalue weighted by molar-refractivity contribution is 7.10. The molecule has 2 saturated heterocycles. The van der Waals surface area contributed by atoms with Gasteiger partial charge in [0.05, 0.1) is 19.3 Å². The summed E-state index contributed by atoms with van der Waals surface area (Å²) in [6, 6.07) is 4.65. The molecule has 1 unspecified atom stereocenters. The minimum Gasteiger partial charge on any atom is -0.378 e. The first kappa shape index (κ1) is 16.7. The Kier molecular flexibility index (Phi) is 6.30. The Morgan fingerprint density at radius 2 is 1.91 bits per heavy atom. The Morgan fingerprint density at radius 3 is 2.57 bits per heavy atom. The fraction of sp³-hybridized carbons (Fsp3) is 0.706. The summed E-state index contributed by atoms with van der Waals surface area (Å²) < 4.78 is 5.32. The minimum atomic E-state index is 0.0460. The SMILES string of the molecule is O=C(NCC(c1cccs1)N1CCCCCC1)N1CCOCC1. The molecule has 2 aliphatic heterocycles. The third-order valence-corrected chi connectivity index (χ3v) is 5.67. The van der Waals surface area contributed by atoms with Crippen LogP contribution in [-0.2, 0) is 4.74 Å². The molecule has 1 atom stereocenters. The number of nitrogens with one attached hydrogen (secondary N) is 1. The van der Waals surface area contributed by atoms with Crippen LogP contribution in [0, 0.1) is 0 Å². The van der Waals surface area contributed by atoms with Crippen LogP contribution < -0.4 is 5.32 Å². The van der Waals surface area contributed by atoms with Crippen LogP contribution in [0.3, 0.4) is 0 Å². The van der Waals surface area contributed by atoms with Crippen molar-refractivity contribution in [1.82, 2.24) is 15.1 Å². The van der Waals surface area contributed by atoms with Crippen LogP contribution >= 0.6 is 11.3 Å².